The van der Waals surface area contributed by atoms with Crippen LogP contribution in [0.2, 0.25) is 0 Å². The van der Waals surface area contributed by atoms with Crippen molar-refractivity contribution in [1.82, 2.24) is 0 Å². The minimum Gasteiger partial charge on any atom is -0.295 e. The lowest BCUT2D eigenvalue weighted by Crippen LogP contribution is -2.52. The number of hydrogen-bond acceptors (Lipinski definition) is 2. The first-order chi connectivity index (χ1) is 10.9. The molecular formula is C21H26O2. The Morgan fingerprint density at radius 1 is 1.09 bits per heavy atom. The van der Waals surface area contributed by atoms with Crippen molar-refractivity contribution < 1.29 is 9.59 Å². The molecule has 0 radical (unpaired) electrons. The van der Waals surface area contributed by atoms with Crippen LogP contribution in [0.1, 0.15) is 58.8 Å². The van der Waals surface area contributed by atoms with Crippen molar-refractivity contribution in [2.45, 2.75) is 58.8 Å². The van der Waals surface area contributed by atoms with Gasteiger partial charge in [0.05, 0.1) is 0 Å². The van der Waals surface area contributed by atoms with E-state index in [9.17, 15) is 9.59 Å². The van der Waals surface area contributed by atoms with Gasteiger partial charge in [-0.05, 0) is 72.3 Å². The Morgan fingerprint density at radius 2 is 1.83 bits per heavy atom. The summed E-state index contributed by atoms with van der Waals surface area (Å²) in [6.45, 7) is 8.53. The van der Waals surface area contributed by atoms with Gasteiger partial charge in [0.15, 0.2) is 11.6 Å². The summed E-state index contributed by atoms with van der Waals surface area (Å²) in [5.41, 5.74) is 5.57. The second-order valence-electron chi connectivity index (χ2n) is 8.60. The molecule has 0 heterocycles. The third kappa shape index (κ3) is 1.88. The summed E-state index contributed by atoms with van der Waals surface area (Å²) < 4.78 is 0. The number of fused-ring (bicyclic) bond motifs is 5. The summed E-state index contributed by atoms with van der Waals surface area (Å²) in [5.74, 6) is 2.00. The number of Topliss-reactive ketones (excluding diaryl/α,β-unsaturated/α-hetero) is 1. The quantitative estimate of drug-likeness (QED) is 0.621. The Bertz CT molecular complexity index is 678. The summed E-state index contributed by atoms with van der Waals surface area (Å²) in [5, 5.41) is 0. The van der Waals surface area contributed by atoms with Gasteiger partial charge in [0.1, 0.15) is 0 Å². The SMILES string of the molecule is C=C=C1CCC2C3CC(=O)C4=CC(=O)CC[C@]4(C)C3CC[C@]12C. The molecular weight excluding hydrogens is 284 g/mol. The topological polar surface area (TPSA) is 34.1 Å². The predicted octanol–water partition coefficient (Wildman–Crippen LogP) is 4.41. The highest BCUT2D eigenvalue weighted by molar-refractivity contribution is 6.05. The number of carbonyl (C=O) groups is 2. The Kier molecular flexibility index (Phi) is 3.16. The first-order valence-electron chi connectivity index (χ1n) is 9.08. The average molecular weight is 310 g/mol. The van der Waals surface area contributed by atoms with Crippen molar-refractivity contribution in [3.05, 3.63) is 29.5 Å². The first kappa shape index (κ1) is 15.1. The summed E-state index contributed by atoms with van der Waals surface area (Å²) in [7, 11) is 0. The molecule has 3 unspecified atom stereocenters. The Labute approximate surface area is 138 Å². The molecule has 3 saturated carbocycles. The van der Waals surface area contributed by atoms with Crippen molar-refractivity contribution in [3.63, 3.8) is 0 Å². The van der Waals surface area contributed by atoms with Gasteiger partial charge < -0.3 is 0 Å². The van der Waals surface area contributed by atoms with E-state index in [-0.39, 0.29) is 22.4 Å². The van der Waals surface area contributed by atoms with Crippen molar-refractivity contribution in [2.75, 3.05) is 0 Å². The van der Waals surface area contributed by atoms with Crippen molar-refractivity contribution in [1.29, 1.82) is 0 Å². The van der Waals surface area contributed by atoms with Gasteiger partial charge in [0.25, 0.3) is 0 Å². The monoisotopic (exact) mass is 310 g/mol. The molecule has 0 amide bonds. The Hall–Kier alpha value is -1.40. The van der Waals surface area contributed by atoms with Crippen LogP contribution in [0, 0.1) is 28.6 Å². The molecule has 0 aromatic rings. The van der Waals surface area contributed by atoms with E-state index < -0.39 is 0 Å². The van der Waals surface area contributed by atoms with Gasteiger partial charge in [0, 0.05) is 18.4 Å². The van der Waals surface area contributed by atoms with Gasteiger partial charge in [-0.2, -0.15) is 0 Å². The molecule has 4 rings (SSSR count). The number of carbonyl (C=O) groups excluding carboxylic acids is 2. The zero-order chi connectivity index (χ0) is 16.4. The van der Waals surface area contributed by atoms with E-state index in [4.69, 9.17) is 0 Å². The summed E-state index contributed by atoms with van der Waals surface area (Å²) >= 11 is 0. The van der Waals surface area contributed by atoms with Gasteiger partial charge >= 0.3 is 0 Å². The fourth-order valence-corrected chi connectivity index (χ4v) is 6.49. The zero-order valence-electron chi connectivity index (χ0n) is 14.3. The van der Waals surface area contributed by atoms with Crippen LogP contribution < -0.4 is 0 Å². The minimum absolute atomic E-state index is 0.0735. The Morgan fingerprint density at radius 3 is 2.57 bits per heavy atom. The molecule has 0 N–H and O–H groups in total. The molecule has 0 aliphatic heterocycles. The van der Waals surface area contributed by atoms with E-state index in [1.54, 1.807) is 6.08 Å². The largest absolute Gasteiger partial charge is 0.295 e. The summed E-state index contributed by atoms with van der Waals surface area (Å²) in [4.78, 5) is 24.7. The predicted molar refractivity (Wildman–Crippen MR) is 89.8 cm³/mol. The highest BCUT2D eigenvalue weighted by Crippen LogP contribution is 2.65. The fraction of sp³-hybridized carbons (Fsp3) is 0.667. The van der Waals surface area contributed by atoms with E-state index in [0.717, 1.165) is 24.8 Å². The first-order valence-corrected chi connectivity index (χ1v) is 9.08. The molecule has 4 aliphatic carbocycles. The maximum absolute atomic E-state index is 12.8. The van der Waals surface area contributed by atoms with Crippen LogP contribution in [-0.4, -0.2) is 11.6 Å². The second kappa shape index (κ2) is 4.80. The van der Waals surface area contributed by atoms with Gasteiger partial charge in [-0.25, -0.2) is 0 Å². The highest BCUT2D eigenvalue weighted by atomic mass is 16.1. The smallest absolute Gasteiger partial charge is 0.159 e. The van der Waals surface area contributed by atoms with Crippen molar-refractivity contribution in [2.24, 2.45) is 28.6 Å². The summed E-state index contributed by atoms with van der Waals surface area (Å²) in [6, 6.07) is 0. The average Bonchev–Trinajstić information content (AvgIpc) is 2.86. The molecule has 122 valence electrons. The second-order valence-corrected chi connectivity index (χ2v) is 8.60. The van der Waals surface area contributed by atoms with Crippen LogP contribution in [-0.2, 0) is 9.59 Å². The molecule has 23 heavy (non-hydrogen) atoms. The molecule has 2 nitrogen and oxygen atoms in total. The number of ketones is 2. The van der Waals surface area contributed by atoms with E-state index in [2.05, 4.69) is 26.2 Å². The normalized spacial score (nSPS) is 45.7. The molecule has 0 saturated heterocycles. The molecule has 0 aromatic heterocycles. The van der Waals surface area contributed by atoms with Gasteiger partial charge in [-0.15, -0.1) is 5.73 Å². The lowest BCUT2D eigenvalue weighted by Gasteiger charge is -2.56. The fourth-order valence-electron chi connectivity index (χ4n) is 6.49. The number of rotatable bonds is 0. The van der Waals surface area contributed by atoms with Gasteiger partial charge in [0.2, 0.25) is 0 Å². The molecule has 0 aromatic carbocycles. The maximum atomic E-state index is 12.8. The van der Waals surface area contributed by atoms with Crippen LogP contribution in [0.5, 0.6) is 0 Å². The maximum Gasteiger partial charge on any atom is 0.159 e. The number of allylic oxidation sites excluding steroid dienone is 2. The Balaban J connectivity index is 1.76. The van der Waals surface area contributed by atoms with E-state index in [1.165, 1.54) is 18.4 Å². The van der Waals surface area contributed by atoms with E-state index in [0.29, 0.717) is 30.6 Å². The third-order valence-corrected chi connectivity index (χ3v) is 7.79. The molecule has 3 fully saturated rings. The van der Waals surface area contributed by atoms with Crippen LogP contribution >= 0.6 is 0 Å². The lowest BCUT2D eigenvalue weighted by molar-refractivity contribution is -0.129. The molecule has 4 aliphatic rings. The third-order valence-electron chi connectivity index (χ3n) is 7.79. The van der Waals surface area contributed by atoms with Gasteiger partial charge in [-0.1, -0.05) is 20.4 Å². The zero-order valence-corrected chi connectivity index (χ0v) is 14.3. The van der Waals surface area contributed by atoms with Crippen LogP contribution in [0.4, 0.5) is 0 Å². The lowest BCUT2D eigenvalue weighted by atomic mass is 9.47. The number of hydrogen-bond donors (Lipinski definition) is 0. The molecule has 0 spiro atoms. The van der Waals surface area contributed by atoms with Gasteiger partial charge in [-0.3, -0.25) is 9.59 Å². The van der Waals surface area contributed by atoms with Crippen LogP contribution in [0.25, 0.3) is 0 Å². The standard InChI is InChI=1S/C21H26O2/c1-4-13-5-6-16-15-12-19(23)18-11-14(22)7-9-21(18,3)17(15)8-10-20(13,16)2/h11,15-17H,1,5-10,12H2,2-3H3/t15?,16?,17?,20-,21-/m1/s1. The molecule has 5 atom stereocenters. The molecule has 0 bridgehead atoms. The van der Waals surface area contributed by atoms with E-state index in [1.807, 2.05) is 0 Å². The van der Waals surface area contributed by atoms with Crippen LogP contribution in [0.3, 0.4) is 0 Å². The van der Waals surface area contributed by atoms with Crippen molar-refractivity contribution in [3.8, 4) is 0 Å². The highest BCUT2D eigenvalue weighted by Gasteiger charge is 2.59. The van der Waals surface area contributed by atoms with Crippen molar-refractivity contribution >= 4 is 11.6 Å². The minimum atomic E-state index is -0.0735. The van der Waals surface area contributed by atoms with Crippen LogP contribution in [0.15, 0.2) is 29.5 Å². The molecule has 2 heteroatoms. The summed E-state index contributed by atoms with van der Waals surface area (Å²) in [6.07, 6.45) is 8.41. The van der Waals surface area contributed by atoms with E-state index >= 15 is 0 Å².